The molecule has 1 atom stereocenters. The van der Waals surface area contributed by atoms with E-state index in [9.17, 15) is 0 Å². The summed E-state index contributed by atoms with van der Waals surface area (Å²) < 4.78 is 0. The van der Waals surface area contributed by atoms with Crippen molar-refractivity contribution in [3.05, 3.63) is 78.6 Å². The van der Waals surface area contributed by atoms with Gasteiger partial charge in [-0.1, -0.05) is 42.5 Å². The molecular weight excluding hydrogens is 386 g/mol. The van der Waals surface area contributed by atoms with E-state index in [4.69, 9.17) is 9.97 Å². The minimum atomic E-state index is 0.138. The minimum absolute atomic E-state index is 0.138. The van der Waals surface area contributed by atoms with E-state index in [0.717, 1.165) is 54.8 Å². The van der Waals surface area contributed by atoms with E-state index < -0.39 is 0 Å². The molecule has 31 heavy (non-hydrogen) atoms. The van der Waals surface area contributed by atoms with Gasteiger partial charge in [-0.05, 0) is 30.7 Å². The highest BCUT2D eigenvalue weighted by molar-refractivity contribution is 5.90. The number of para-hydroxylation sites is 1. The van der Waals surface area contributed by atoms with E-state index in [1.54, 1.807) is 12.4 Å². The van der Waals surface area contributed by atoms with Crippen LogP contribution in [0, 0.1) is 0 Å². The lowest BCUT2D eigenvalue weighted by Gasteiger charge is -2.35. The lowest BCUT2D eigenvalue weighted by Crippen LogP contribution is -2.47. The Hall–Kier alpha value is -3.74. The molecule has 5 rings (SSSR count). The first-order chi connectivity index (χ1) is 15.3. The second-order valence-electron chi connectivity index (χ2n) is 7.69. The SMILES string of the molecule is CC(Nc1nc(N2CCN(c3ncccn3)CC2)nc2ccccc12)c1ccccc1. The summed E-state index contributed by atoms with van der Waals surface area (Å²) in [4.78, 5) is 23.0. The zero-order chi connectivity index (χ0) is 21.0. The number of aromatic nitrogens is 4. The van der Waals surface area contributed by atoms with Crippen LogP contribution < -0.4 is 15.1 Å². The molecule has 0 amide bonds. The van der Waals surface area contributed by atoms with Crippen LogP contribution in [0.25, 0.3) is 10.9 Å². The highest BCUT2D eigenvalue weighted by Crippen LogP contribution is 2.27. The Morgan fingerprint density at radius 1 is 0.742 bits per heavy atom. The summed E-state index contributed by atoms with van der Waals surface area (Å²) in [5.41, 5.74) is 2.17. The number of fused-ring (bicyclic) bond motifs is 1. The number of hydrogen-bond donors (Lipinski definition) is 1. The van der Waals surface area contributed by atoms with Gasteiger partial charge in [-0.25, -0.2) is 15.0 Å². The van der Waals surface area contributed by atoms with Crippen LogP contribution in [0.4, 0.5) is 17.7 Å². The van der Waals surface area contributed by atoms with E-state index in [2.05, 4.69) is 62.3 Å². The fourth-order valence-electron chi connectivity index (χ4n) is 3.91. The van der Waals surface area contributed by atoms with Crippen molar-refractivity contribution in [2.75, 3.05) is 41.3 Å². The van der Waals surface area contributed by atoms with Gasteiger partial charge in [0.05, 0.1) is 5.52 Å². The molecule has 1 aliphatic heterocycles. The predicted octanol–water partition coefficient (Wildman–Crippen LogP) is 3.92. The third-order valence-electron chi connectivity index (χ3n) is 5.64. The van der Waals surface area contributed by atoms with Crippen molar-refractivity contribution < 1.29 is 0 Å². The maximum atomic E-state index is 4.94. The smallest absolute Gasteiger partial charge is 0.228 e. The van der Waals surface area contributed by atoms with Crippen LogP contribution in [0.3, 0.4) is 0 Å². The number of piperazine rings is 1. The maximum absolute atomic E-state index is 4.94. The first-order valence-corrected chi connectivity index (χ1v) is 10.6. The number of hydrogen-bond acceptors (Lipinski definition) is 7. The fourth-order valence-corrected chi connectivity index (χ4v) is 3.91. The molecular formula is C24H25N7. The van der Waals surface area contributed by atoms with Gasteiger partial charge in [0.25, 0.3) is 0 Å². The van der Waals surface area contributed by atoms with Crippen LogP contribution in [0.1, 0.15) is 18.5 Å². The van der Waals surface area contributed by atoms with Crippen LogP contribution in [0.5, 0.6) is 0 Å². The number of anilines is 3. The third kappa shape index (κ3) is 4.12. The molecule has 156 valence electrons. The van der Waals surface area contributed by atoms with E-state index >= 15 is 0 Å². The summed E-state index contributed by atoms with van der Waals surface area (Å²) in [7, 11) is 0. The molecule has 0 spiro atoms. The average Bonchev–Trinajstić information content (AvgIpc) is 2.85. The standard InChI is InChI=1S/C24H25N7/c1-18(19-8-3-2-4-9-19)27-22-20-10-5-6-11-21(20)28-24(29-22)31-16-14-30(15-17-31)23-25-12-7-13-26-23/h2-13,18H,14-17H2,1H3,(H,27,28,29). The quantitative estimate of drug-likeness (QED) is 0.534. The first-order valence-electron chi connectivity index (χ1n) is 10.6. The number of nitrogens with one attached hydrogen (secondary N) is 1. The van der Waals surface area contributed by atoms with E-state index in [-0.39, 0.29) is 6.04 Å². The monoisotopic (exact) mass is 411 g/mol. The highest BCUT2D eigenvalue weighted by Gasteiger charge is 2.22. The molecule has 1 unspecified atom stereocenters. The molecule has 1 fully saturated rings. The lowest BCUT2D eigenvalue weighted by atomic mass is 10.1. The Bertz CT molecular complexity index is 1140. The summed E-state index contributed by atoms with van der Waals surface area (Å²) in [6.07, 6.45) is 3.57. The van der Waals surface area contributed by atoms with Crippen LogP contribution in [-0.4, -0.2) is 46.1 Å². The van der Waals surface area contributed by atoms with Gasteiger partial charge in [0.15, 0.2) is 0 Å². The predicted molar refractivity (Wildman–Crippen MR) is 124 cm³/mol. The molecule has 0 aliphatic carbocycles. The van der Waals surface area contributed by atoms with Crippen molar-refractivity contribution in [3.63, 3.8) is 0 Å². The van der Waals surface area contributed by atoms with Crippen LogP contribution >= 0.6 is 0 Å². The molecule has 2 aromatic heterocycles. The Kier molecular flexibility index (Phi) is 5.31. The maximum Gasteiger partial charge on any atom is 0.228 e. The molecule has 1 saturated heterocycles. The molecule has 0 saturated carbocycles. The van der Waals surface area contributed by atoms with Gasteiger partial charge in [-0.15, -0.1) is 0 Å². The van der Waals surface area contributed by atoms with Gasteiger partial charge in [0.2, 0.25) is 11.9 Å². The van der Waals surface area contributed by atoms with E-state index in [1.807, 2.05) is 30.3 Å². The van der Waals surface area contributed by atoms with Crippen molar-refractivity contribution in [1.29, 1.82) is 0 Å². The molecule has 4 aromatic rings. The van der Waals surface area contributed by atoms with Crippen LogP contribution in [0.2, 0.25) is 0 Å². The van der Waals surface area contributed by atoms with Gasteiger partial charge in [0.1, 0.15) is 5.82 Å². The lowest BCUT2D eigenvalue weighted by molar-refractivity contribution is 0.629. The summed E-state index contributed by atoms with van der Waals surface area (Å²) in [5.74, 6) is 2.40. The third-order valence-corrected chi connectivity index (χ3v) is 5.64. The van der Waals surface area contributed by atoms with Gasteiger partial charge < -0.3 is 15.1 Å². The molecule has 1 aliphatic rings. The largest absolute Gasteiger partial charge is 0.363 e. The van der Waals surface area contributed by atoms with Gasteiger partial charge in [0, 0.05) is 50.0 Å². The van der Waals surface area contributed by atoms with Crippen molar-refractivity contribution >= 4 is 28.6 Å². The van der Waals surface area contributed by atoms with Crippen molar-refractivity contribution in [1.82, 2.24) is 19.9 Å². The van der Waals surface area contributed by atoms with E-state index in [1.165, 1.54) is 5.56 Å². The zero-order valence-electron chi connectivity index (χ0n) is 17.5. The summed E-state index contributed by atoms with van der Waals surface area (Å²) in [6, 6.07) is 20.6. The molecule has 2 aromatic carbocycles. The Balaban J connectivity index is 1.40. The summed E-state index contributed by atoms with van der Waals surface area (Å²) in [6.45, 7) is 5.48. The average molecular weight is 412 g/mol. The Morgan fingerprint density at radius 2 is 1.39 bits per heavy atom. The molecule has 1 N–H and O–H groups in total. The number of rotatable bonds is 5. The van der Waals surface area contributed by atoms with Crippen LogP contribution in [-0.2, 0) is 0 Å². The molecule has 0 radical (unpaired) electrons. The summed E-state index contributed by atoms with van der Waals surface area (Å²) in [5, 5.41) is 4.64. The molecule has 0 bridgehead atoms. The highest BCUT2D eigenvalue weighted by atomic mass is 15.4. The molecule has 3 heterocycles. The van der Waals surface area contributed by atoms with Crippen molar-refractivity contribution in [3.8, 4) is 0 Å². The first kappa shape index (κ1) is 19.2. The van der Waals surface area contributed by atoms with Gasteiger partial charge >= 0.3 is 0 Å². The van der Waals surface area contributed by atoms with Gasteiger partial charge in [-0.3, -0.25) is 0 Å². The zero-order valence-corrected chi connectivity index (χ0v) is 17.5. The molecule has 7 nitrogen and oxygen atoms in total. The van der Waals surface area contributed by atoms with Crippen molar-refractivity contribution in [2.45, 2.75) is 13.0 Å². The van der Waals surface area contributed by atoms with Crippen LogP contribution in [0.15, 0.2) is 73.1 Å². The molecule has 7 heteroatoms. The Labute approximate surface area is 181 Å². The topological polar surface area (TPSA) is 70.1 Å². The van der Waals surface area contributed by atoms with Gasteiger partial charge in [-0.2, -0.15) is 4.98 Å². The number of benzene rings is 2. The number of nitrogens with zero attached hydrogens (tertiary/aromatic N) is 6. The summed E-state index contributed by atoms with van der Waals surface area (Å²) >= 11 is 0. The normalized spacial score (nSPS) is 15.1. The Morgan fingerprint density at radius 3 is 2.13 bits per heavy atom. The fraction of sp³-hybridized carbons (Fsp3) is 0.250. The second-order valence-corrected chi connectivity index (χ2v) is 7.69. The van der Waals surface area contributed by atoms with E-state index in [0.29, 0.717) is 0 Å². The van der Waals surface area contributed by atoms with Crippen molar-refractivity contribution in [2.24, 2.45) is 0 Å². The minimum Gasteiger partial charge on any atom is -0.363 e. The second kappa shape index (κ2) is 8.55.